The van der Waals surface area contributed by atoms with Crippen molar-refractivity contribution in [2.75, 3.05) is 34.2 Å². The van der Waals surface area contributed by atoms with Gasteiger partial charge in [-0.3, -0.25) is 0 Å². The van der Waals surface area contributed by atoms with E-state index in [9.17, 15) is 0 Å². The molecule has 1 aliphatic rings. The Balaban J connectivity index is 0.000000202. The average Bonchev–Trinajstić information content (AvgIpc) is 2.15. The van der Waals surface area contributed by atoms with Crippen molar-refractivity contribution < 1.29 is 8.91 Å². The van der Waals surface area contributed by atoms with E-state index in [-0.39, 0.29) is 0 Å². The SMILES string of the molecule is C[N+](C)(C)Cc1ccccc1.[SiH3]OC1CNC1. The maximum absolute atomic E-state index is 5.06. The summed E-state index contributed by atoms with van der Waals surface area (Å²) >= 11 is 0. The van der Waals surface area contributed by atoms with Crippen LogP contribution in [0.2, 0.25) is 0 Å². The summed E-state index contributed by atoms with van der Waals surface area (Å²) in [5.41, 5.74) is 1.40. The first-order valence-electron chi connectivity index (χ1n) is 6.09. The molecule has 2 rings (SSSR count). The first kappa shape index (κ1) is 14.4. The van der Waals surface area contributed by atoms with E-state index in [1.807, 2.05) is 0 Å². The van der Waals surface area contributed by atoms with Gasteiger partial charge in [-0.05, 0) is 0 Å². The monoisotopic (exact) mass is 253 g/mol. The van der Waals surface area contributed by atoms with Gasteiger partial charge in [-0.15, -0.1) is 0 Å². The van der Waals surface area contributed by atoms with Gasteiger partial charge in [-0.2, -0.15) is 0 Å². The Morgan fingerprint density at radius 2 is 1.82 bits per heavy atom. The highest BCUT2D eigenvalue weighted by Gasteiger charge is 2.13. The van der Waals surface area contributed by atoms with Crippen LogP contribution in [0.1, 0.15) is 5.56 Å². The number of quaternary nitrogens is 1. The number of nitrogens with one attached hydrogen (secondary N) is 1. The Kier molecular flexibility index (Phi) is 5.84. The molecule has 1 heterocycles. The number of rotatable bonds is 3. The van der Waals surface area contributed by atoms with Crippen LogP contribution in [-0.2, 0) is 11.0 Å². The molecule has 0 unspecified atom stereocenters. The quantitative estimate of drug-likeness (QED) is 0.611. The van der Waals surface area contributed by atoms with Gasteiger partial charge in [0.05, 0.1) is 27.2 Å². The molecule has 3 nitrogen and oxygen atoms in total. The van der Waals surface area contributed by atoms with E-state index in [1.54, 1.807) is 0 Å². The number of hydrogen-bond donors (Lipinski definition) is 1. The van der Waals surface area contributed by atoms with Crippen LogP contribution >= 0.6 is 0 Å². The zero-order chi connectivity index (χ0) is 12.7. The van der Waals surface area contributed by atoms with Gasteiger partial charge in [0.1, 0.15) is 17.0 Å². The summed E-state index contributed by atoms with van der Waals surface area (Å²) in [6, 6.07) is 10.6. The minimum Gasteiger partial charge on any atom is -0.422 e. The fourth-order valence-corrected chi connectivity index (χ4v) is 1.89. The maximum Gasteiger partial charge on any atom is 0.146 e. The first-order chi connectivity index (χ1) is 8.01. The van der Waals surface area contributed by atoms with Gasteiger partial charge < -0.3 is 14.2 Å². The maximum atomic E-state index is 5.06. The van der Waals surface area contributed by atoms with Gasteiger partial charge in [-0.1, -0.05) is 30.3 Å². The highest BCUT2D eigenvalue weighted by atomic mass is 28.2. The largest absolute Gasteiger partial charge is 0.422 e. The Hall–Kier alpha value is -0.683. The van der Waals surface area contributed by atoms with E-state index in [4.69, 9.17) is 4.43 Å². The fourth-order valence-electron chi connectivity index (χ4n) is 1.56. The summed E-state index contributed by atoms with van der Waals surface area (Å²) in [5.74, 6) is 0. The summed E-state index contributed by atoms with van der Waals surface area (Å²) in [5, 5.41) is 3.11. The smallest absolute Gasteiger partial charge is 0.146 e. The fraction of sp³-hybridized carbons (Fsp3) is 0.538. The third-order valence-electron chi connectivity index (χ3n) is 2.58. The summed E-state index contributed by atoms with van der Waals surface area (Å²) in [7, 11) is 7.50. The second-order valence-corrected chi connectivity index (χ2v) is 5.92. The summed E-state index contributed by atoms with van der Waals surface area (Å²) in [4.78, 5) is 0. The highest BCUT2D eigenvalue weighted by molar-refractivity contribution is 5.98. The molecule has 17 heavy (non-hydrogen) atoms. The molecule has 0 radical (unpaired) electrons. The van der Waals surface area contributed by atoms with Crippen molar-refractivity contribution in [2.45, 2.75) is 12.6 Å². The lowest BCUT2D eigenvalue weighted by Crippen LogP contribution is -2.48. The molecule has 96 valence electrons. The van der Waals surface area contributed by atoms with Crippen LogP contribution in [0.3, 0.4) is 0 Å². The number of nitrogens with zero attached hydrogens (tertiary/aromatic N) is 1. The van der Waals surface area contributed by atoms with E-state index in [0.29, 0.717) is 6.10 Å². The number of hydrogen-bond acceptors (Lipinski definition) is 2. The third kappa shape index (κ3) is 6.58. The second kappa shape index (κ2) is 6.91. The van der Waals surface area contributed by atoms with Gasteiger partial charge in [0.15, 0.2) is 0 Å². The topological polar surface area (TPSA) is 21.3 Å². The average molecular weight is 253 g/mol. The zero-order valence-corrected chi connectivity index (χ0v) is 13.4. The molecule has 1 aliphatic heterocycles. The molecule has 0 spiro atoms. The van der Waals surface area contributed by atoms with Crippen LogP contribution < -0.4 is 5.32 Å². The van der Waals surface area contributed by atoms with Gasteiger partial charge >= 0.3 is 0 Å². The normalized spacial score (nSPS) is 15.9. The van der Waals surface area contributed by atoms with E-state index in [0.717, 1.165) is 34.6 Å². The first-order valence-corrected chi connectivity index (χ1v) is 6.91. The van der Waals surface area contributed by atoms with Crippen LogP contribution in [0.4, 0.5) is 0 Å². The van der Waals surface area contributed by atoms with Crippen molar-refractivity contribution in [2.24, 2.45) is 0 Å². The molecule has 0 aliphatic carbocycles. The lowest BCUT2D eigenvalue weighted by molar-refractivity contribution is -0.884. The minimum atomic E-state index is 0.566. The van der Waals surface area contributed by atoms with Crippen molar-refractivity contribution in [3.05, 3.63) is 35.9 Å². The Morgan fingerprint density at radius 3 is 2.12 bits per heavy atom. The standard InChI is InChI=1S/C10H16N.C3H9NOSi/c1-11(2,3)9-10-7-5-4-6-8-10;6-5-3-1-4-2-3/h4-8H,9H2,1-3H3;3-4H,1-2H2,6H3/q+1;. The molecular formula is C13H25N2OSi+. The summed E-state index contributed by atoms with van der Waals surface area (Å²) in [6.07, 6.45) is 0.566. The van der Waals surface area contributed by atoms with Crippen molar-refractivity contribution in [1.82, 2.24) is 5.32 Å². The predicted molar refractivity (Wildman–Crippen MR) is 75.9 cm³/mol. The molecule has 4 heteroatoms. The Labute approximate surface area is 108 Å². The predicted octanol–water partition coefficient (Wildman–Crippen LogP) is 0.148. The molecule has 0 amide bonds. The van der Waals surface area contributed by atoms with Gasteiger partial charge in [0, 0.05) is 18.7 Å². The summed E-state index contributed by atoms with van der Waals surface area (Å²) in [6.45, 7) is 3.24. The van der Waals surface area contributed by atoms with Crippen molar-refractivity contribution >= 4 is 10.5 Å². The van der Waals surface area contributed by atoms with Gasteiger partial charge in [-0.25, -0.2) is 0 Å². The molecule has 1 saturated heterocycles. The molecule has 1 aromatic carbocycles. The lowest BCUT2D eigenvalue weighted by Gasteiger charge is -2.25. The highest BCUT2D eigenvalue weighted by Crippen LogP contribution is 2.05. The molecular weight excluding hydrogens is 228 g/mol. The van der Waals surface area contributed by atoms with Gasteiger partial charge in [0.2, 0.25) is 0 Å². The van der Waals surface area contributed by atoms with Crippen LogP contribution in [0, 0.1) is 0 Å². The van der Waals surface area contributed by atoms with Crippen molar-refractivity contribution in [3.63, 3.8) is 0 Å². The molecule has 0 saturated carbocycles. The van der Waals surface area contributed by atoms with E-state index in [1.165, 1.54) is 5.56 Å². The van der Waals surface area contributed by atoms with Crippen LogP contribution in [-0.4, -0.2) is 55.3 Å². The summed E-state index contributed by atoms with van der Waals surface area (Å²) < 4.78 is 6.05. The molecule has 1 aromatic rings. The minimum absolute atomic E-state index is 0.566. The molecule has 0 atom stereocenters. The Morgan fingerprint density at radius 1 is 1.24 bits per heavy atom. The zero-order valence-electron chi connectivity index (χ0n) is 11.4. The van der Waals surface area contributed by atoms with Crippen molar-refractivity contribution in [3.8, 4) is 0 Å². The van der Waals surface area contributed by atoms with Crippen LogP contribution in [0.15, 0.2) is 30.3 Å². The van der Waals surface area contributed by atoms with E-state index in [2.05, 4.69) is 56.8 Å². The molecule has 1 fully saturated rings. The third-order valence-corrected chi connectivity index (χ3v) is 3.24. The second-order valence-electron chi connectivity index (χ2n) is 5.45. The van der Waals surface area contributed by atoms with E-state index < -0.39 is 0 Å². The molecule has 0 aromatic heterocycles. The Bertz CT molecular complexity index is 304. The molecule has 1 N–H and O–H groups in total. The van der Waals surface area contributed by atoms with E-state index >= 15 is 0 Å². The molecule has 0 bridgehead atoms. The lowest BCUT2D eigenvalue weighted by atomic mass is 10.2. The van der Waals surface area contributed by atoms with Gasteiger partial charge in [0.25, 0.3) is 0 Å². The number of benzene rings is 1. The van der Waals surface area contributed by atoms with Crippen molar-refractivity contribution in [1.29, 1.82) is 0 Å². The van der Waals surface area contributed by atoms with Crippen LogP contribution in [0.5, 0.6) is 0 Å². The van der Waals surface area contributed by atoms with Crippen LogP contribution in [0.25, 0.3) is 0 Å².